The third-order valence-corrected chi connectivity index (χ3v) is 8.63. The lowest BCUT2D eigenvalue weighted by molar-refractivity contribution is -0.170. The molecule has 28 heteroatoms. The molecule has 0 saturated carbocycles. The van der Waals surface area contributed by atoms with Crippen molar-refractivity contribution >= 4 is 71.1 Å². The van der Waals surface area contributed by atoms with Crippen LogP contribution in [0.1, 0.15) is 60.8 Å². The first-order valence-electron chi connectivity index (χ1n) is 19.5. The summed E-state index contributed by atoms with van der Waals surface area (Å²) in [6.07, 6.45) is -1.02. The fourth-order valence-corrected chi connectivity index (χ4v) is 4.93. The van der Waals surface area contributed by atoms with Crippen molar-refractivity contribution in [1.29, 1.82) is 0 Å². The first-order chi connectivity index (χ1) is 29.8. The van der Waals surface area contributed by atoms with Gasteiger partial charge in [0.15, 0.2) is 0 Å². The lowest BCUT2D eigenvalue weighted by atomic mass is 10.2. The number of carbonyl (C=O) groups is 12. The molecule has 0 radical (unpaired) electrons. The lowest BCUT2D eigenvalue weighted by Crippen LogP contribution is -2.56. The second-order valence-corrected chi connectivity index (χ2v) is 14.1. The van der Waals surface area contributed by atoms with E-state index in [2.05, 4.69) is 46.1 Å². The number of amides is 9. The van der Waals surface area contributed by atoms with Gasteiger partial charge in [0.2, 0.25) is 35.4 Å². The summed E-state index contributed by atoms with van der Waals surface area (Å²) >= 11 is 0. The molecule has 6 atom stereocenters. The SMILES string of the molecule is COC(=O)CCN(O)C(=O)[C@H](C)NC(=O)[C@@H](C)NC(=O)CN(CC(=O)N[C@H](C)C(=O)N[C@@H](C)C(=O)N(O)CCC(=O)OC)CC(=O)N[C@H](C)C(=O)N[C@@H](C)C(=O)N(O)CCC(=O)OC. The van der Waals surface area contributed by atoms with E-state index in [4.69, 9.17) is 0 Å². The molecule has 0 aromatic heterocycles. The summed E-state index contributed by atoms with van der Waals surface area (Å²) in [5.74, 6) is -10.7. The van der Waals surface area contributed by atoms with E-state index >= 15 is 0 Å². The Balaban J connectivity index is 5.84. The number of nitrogens with zero attached hydrogens (tertiary/aromatic N) is 4. The third kappa shape index (κ3) is 22.0. The molecule has 9 amide bonds. The summed E-state index contributed by atoms with van der Waals surface area (Å²) in [6, 6.07) is -8.03. The van der Waals surface area contributed by atoms with Gasteiger partial charge < -0.3 is 46.1 Å². The van der Waals surface area contributed by atoms with Crippen LogP contribution < -0.4 is 31.9 Å². The maximum atomic E-state index is 13.1. The van der Waals surface area contributed by atoms with Crippen molar-refractivity contribution in [3.05, 3.63) is 0 Å². The molecule has 0 aromatic carbocycles. The van der Waals surface area contributed by atoms with Gasteiger partial charge in [0, 0.05) is 0 Å². The van der Waals surface area contributed by atoms with E-state index in [9.17, 15) is 73.2 Å². The monoisotopic (exact) mass is 920 g/mol. The molecule has 362 valence electrons. The van der Waals surface area contributed by atoms with Gasteiger partial charge in [-0.15, -0.1) is 0 Å². The van der Waals surface area contributed by atoms with E-state index in [0.717, 1.165) is 26.2 Å². The summed E-state index contributed by atoms with van der Waals surface area (Å²) in [7, 11) is 3.33. The van der Waals surface area contributed by atoms with Crippen LogP contribution in [0.5, 0.6) is 0 Å². The summed E-state index contributed by atoms with van der Waals surface area (Å²) in [5.41, 5.74) is 0. The molecule has 0 aliphatic carbocycles. The fourth-order valence-electron chi connectivity index (χ4n) is 4.93. The largest absolute Gasteiger partial charge is 0.469 e. The van der Waals surface area contributed by atoms with Crippen molar-refractivity contribution in [2.24, 2.45) is 0 Å². The highest BCUT2D eigenvalue weighted by molar-refractivity contribution is 5.95. The Morgan fingerprint density at radius 3 is 0.812 bits per heavy atom. The number of esters is 3. The van der Waals surface area contributed by atoms with E-state index in [-0.39, 0.29) is 34.5 Å². The minimum atomic E-state index is -1.35. The van der Waals surface area contributed by atoms with Gasteiger partial charge in [-0.05, 0) is 41.5 Å². The van der Waals surface area contributed by atoms with Crippen molar-refractivity contribution in [3.8, 4) is 0 Å². The number of hydrogen-bond donors (Lipinski definition) is 9. The molecule has 0 heterocycles. The second-order valence-electron chi connectivity index (χ2n) is 14.1. The lowest BCUT2D eigenvalue weighted by Gasteiger charge is -2.25. The maximum Gasteiger partial charge on any atom is 0.307 e. The standard InChI is InChI=1S/C36H60N10O18/c1-19(31(53)40-22(4)34(56)44(59)13-10-28(50)62-7)37-25(47)16-43(17-26(48)38-20(2)32(54)41-23(5)35(57)45(60)14-11-29(51)63-8)18-27(49)39-21(3)33(55)42-24(6)36(58)46(61)15-12-30(52)64-9/h19-24,59-61H,10-18H2,1-9H3,(H,37,47)(H,38,48)(H,39,49)(H,40,53)(H,41,54)(H,42,55)/t19-,20-,21-,22+,23+,24+/m1/s1. The fraction of sp³-hybridized carbons (Fsp3) is 0.667. The van der Waals surface area contributed by atoms with E-state index in [0.29, 0.717) is 0 Å². The number of rotatable bonds is 27. The molecule has 0 bridgehead atoms. The van der Waals surface area contributed by atoms with Crippen molar-refractivity contribution in [3.63, 3.8) is 0 Å². The number of hydrogen-bond acceptors (Lipinski definition) is 19. The molecule has 0 rings (SSSR count). The van der Waals surface area contributed by atoms with Crippen LogP contribution in [-0.2, 0) is 71.7 Å². The van der Waals surface area contributed by atoms with Crippen molar-refractivity contribution in [1.82, 2.24) is 52.0 Å². The van der Waals surface area contributed by atoms with E-state index in [1.807, 2.05) is 0 Å². The number of carbonyl (C=O) groups excluding carboxylic acids is 12. The smallest absolute Gasteiger partial charge is 0.307 e. The van der Waals surface area contributed by atoms with Gasteiger partial charge in [-0.2, -0.15) is 0 Å². The quantitative estimate of drug-likeness (QED) is 0.0161. The molecule has 0 unspecified atom stereocenters. The Hall–Kier alpha value is -6.52. The van der Waals surface area contributed by atoms with Crippen LogP contribution in [0.25, 0.3) is 0 Å². The van der Waals surface area contributed by atoms with Crippen LogP contribution in [0.15, 0.2) is 0 Å². The molecule has 9 N–H and O–H groups in total. The predicted octanol–water partition coefficient (Wildman–Crippen LogP) is -5.34. The molecular weight excluding hydrogens is 860 g/mol. The average molecular weight is 921 g/mol. The van der Waals surface area contributed by atoms with Gasteiger partial charge in [-0.3, -0.25) is 78.1 Å². The molecule has 0 aliphatic heterocycles. The number of ether oxygens (including phenoxy) is 3. The highest BCUT2D eigenvalue weighted by atomic mass is 16.5. The molecule has 0 aliphatic rings. The number of methoxy groups -OCH3 is 3. The zero-order chi connectivity index (χ0) is 49.4. The molecule has 28 nitrogen and oxygen atoms in total. The van der Waals surface area contributed by atoms with Crippen LogP contribution >= 0.6 is 0 Å². The Kier molecular flexibility index (Phi) is 26.0. The van der Waals surface area contributed by atoms with Crippen molar-refractivity contribution in [2.75, 3.05) is 60.6 Å². The Morgan fingerprint density at radius 1 is 0.391 bits per heavy atom. The first kappa shape index (κ1) is 57.5. The van der Waals surface area contributed by atoms with Gasteiger partial charge in [0.05, 0.1) is 79.9 Å². The number of hydroxylamine groups is 6. The summed E-state index contributed by atoms with van der Waals surface area (Å²) in [4.78, 5) is 150. The third-order valence-electron chi connectivity index (χ3n) is 8.63. The number of nitrogens with one attached hydrogen (secondary N) is 6. The van der Waals surface area contributed by atoms with Crippen LogP contribution in [-0.4, -0.2) is 204 Å². The molecule has 0 spiro atoms. The zero-order valence-corrected chi connectivity index (χ0v) is 37.1. The second kappa shape index (κ2) is 29.0. The highest BCUT2D eigenvalue weighted by Crippen LogP contribution is 2.01. The van der Waals surface area contributed by atoms with Crippen molar-refractivity contribution in [2.45, 2.75) is 97.1 Å². The van der Waals surface area contributed by atoms with Crippen LogP contribution in [0.4, 0.5) is 0 Å². The molecule has 0 fully saturated rings. The van der Waals surface area contributed by atoms with Gasteiger partial charge in [-0.25, -0.2) is 15.2 Å². The van der Waals surface area contributed by atoms with Gasteiger partial charge >= 0.3 is 17.9 Å². The minimum Gasteiger partial charge on any atom is -0.469 e. The maximum absolute atomic E-state index is 13.1. The predicted molar refractivity (Wildman–Crippen MR) is 212 cm³/mol. The van der Waals surface area contributed by atoms with Crippen molar-refractivity contribution < 1.29 is 87.4 Å². The topological polar surface area (TPSA) is 378 Å². The van der Waals surface area contributed by atoms with Crippen LogP contribution in [0, 0.1) is 0 Å². The molecule has 64 heavy (non-hydrogen) atoms. The first-order valence-corrected chi connectivity index (χ1v) is 19.5. The van der Waals surface area contributed by atoms with Gasteiger partial charge in [0.25, 0.3) is 17.7 Å². The normalized spacial score (nSPS) is 13.5. The summed E-state index contributed by atoms with van der Waals surface area (Å²) in [5, 5.41) is 44.2. The molecular formula is C36H60N10O18. The zero-order valence-electron chi connectivity index (χ0n) is 37.1. The van der Waals surface area contributed by atoms with E-state index in [1.54, 1.807) is 0 Å². The van der Waals surface area contributed by atoms with E-state index < -0.39 is 147 Å². The van der Waals surface area contributed by atoms with E-state index in [1.165, 1.54) is 41.5 Å². The van der Waals surface area contributed by atoms with Crippen LogP contribution in [0.3, 0.4) is 0 Å². The molecule has 0 saturated heterocycles. The highest BCUT2D eigenvalue weighted by Gasteiger charge is 2.29. The summed E-state index contributed by atoms with van der Waals surface area (Å²) < 4.78 is 13.3. The minimum absolute atomic E-state index is 0.200. The average Bonchev–Trinajstić information content (AvgIpc) is 3.24. The Bertz CT molecular complexity index is 1510. The summed E-state index contributed by atoms with van der Waals surface area (Å²) in [6.45, 7) is 3.73. The van der Waals surface area contributed by atoms with Gasteiger partial charge in [0.1, 0.15) is 36.3 Å². The molecule has 0 aromatic rings. The Morgan fingerprint density at radius 2 is 0.609 bits per heavy atom. The van der Waals surface area contributed by atoms with Crippen LogP contribution in [0.2, 0.25) is 0 Å². The Labute approximate surface area is 367 Å². The van der Waals surface area contributed by atoms with Gasteiger partial charge in [-0.1, -0.05) is 0 Å².